The molecule has 2 unspecified atom stereocenters. The number of piperidine rings is 1. The highest BCUT2D eigenvalue weighted by Crippen LogP contribution is 2.46. The van der Waals surface area contributed by atoms with Crippen LogP contribution in [-0.4, -0.2) is 41.4 Å². The van der Waals surface area contributed by atoms with E-state index in [1.54, 1.807) is 12.1 Å². The van der Waals surface area contributed by atoms with Crippen LogP contribution < -0.4 is 20.7 Å². The number of benzene rings is 1. The number of ether oxygens (including phenoxy) is 1. The van der Waals surface area contributed by atoms with Gasteiger partial charge in [0.1, 0.15) is 5.75 Å². The van der Waals surface area contributed by atoms with Crippen LogP contribution in [0.25, 0.3) is 0 Å². The Morgan fingerprint density at radius 3 is 2.32 bits per heavy atom. The van der Waals surface area contributed by atoms with Gasteiger partial charge in [0.15, 0.2) is 0 Å². The minimum Gasteiger partial charge on any atom is -0.406 e. The maximum atomic E-state index is 12.2. The first-order valence-electron chi connectivity index (χ1n) is 8.75. The fourth-order valence-corrected chi connectivity index (χ4v) is 3.65. The zero-order chi connectivity index (χ0) is 19.9. The lowest BCUT2D eigenvalue weighted by molar-refractivity contribution is -0.274. The summed E-state index contributed by atoms with van der Waals surface area (Å²) in [6.45, 7) is 2.21. The van der Waals surface area contributed by atoms with E-state index in [9.17, 15) is 18.0 Å². The Balaban J connectivity index is 1.25. The molecular weight excluding hydrogens is 375 g/mol. The Bertz CT molecular complexity index is 845. The topological polar surface area (TPSA) is 93.4 Å². The van der Waals surface area contributed by atoms with Crippen LogP contribution in [0.15, 0.2) is 36.7 Å². The van der Waals surface area contributed by atoms with Crippen molar-refractivity contribution >= 4 is 11.9 Å². The summed E-state index contributed by atoms with van der Waals surface area (Å²) >= 11 is 0. The van der Waals surface area contributed by atoms with Gasteiger partial charge in [-0.25, -0.2) is 9.97 Å². The summed E-state index contributed by atoms with van der Waals surface area (Å²) in [7, 11) is 0. The first kappa shape index (κ1) is 18.5. The van der Waals surface area contributed by atoms with Gasteiger partial charge in [0, 0.05) is 38.1 Å². The Labute approximate surface area is 158 Å². The Morgan fingerprint density at radius 2 is 1.79 bits per heavy atom. The molecular formula is C18H18F3N5O2. The molecule has 3 N–H and O–H groups in total. The fourth-order valence-electron chi connectivity index (χ4n) is 3.65. The molecule has 1 amide bonds. The first-order valence-corrected chi connectivity index (χ1v) is 8.75. The predicted octanol–water partition coefficient (Wildman–Crippen LogP) is 1.70. The van der Waals surface area contributed by atoms with Gasteiger partial charge >= 0.3 is 6.36 Å². The van der Waals surface area contributed by atoms with Gasteiger partial charge in [-0.05, 0) is 29.5 Å². The lowest BCUT2D eigenvalue weighted by atomic mass is 10.2. The average Bonchev–Trinajstić information content (AvgIpc) is 3.09. The summed E-state index contributed by atoms with van der Waals surface area (Å²) < 4.78 is 40.4. The summed E-state index contributed by atoms with van der Waals surface area (Å²) in [5.74, 6) is 0.756. The van der Waals surface area contributed by atoms with Crippen molar-refractivity contribution in [1.82, 2.24) is 15.3 Å². The second-order valence-corrected chi connectivity index (χ2v) is 6.97. The van der Waals surface area contributed by atoms with Gasteiger partial charge in [0.25, 0.3) is 5.91 Å². The highest BCUT2D eigenvalue weighted by Gasteiger charge is 2.55. The number of nitrogens with two attached hydrogens (primary N) is 1. The zero-order valence-corrected chi connectivity index (χ0v) is 14.7. The lowest BCUT2D eigenvalue weighted by Gasteiger charge is -2.20. The van der Waals surface area contributed by atoms with Crippen LogP contribution in [0.5, 0.6) is 5.75 Å². The number of fused-ring (bicyclic) bond motifs is 1. The zero-order valence-electron chi connectivity index (χ0n) is 14.7. The number of primary amides is 1. The van der Waals surface area contributed by atoms with Crippen molar-refractivity contribution in [2.24, 2.45) is 17.6 Å². The van der Waals surface area contributed by atoms with Gasteiger partial charge in [-0.15, -0.1) is 13.2 Å². The van der Waals surface area contributed by atoms with Crippen molar-refractivity contribution in [2.75, 3.05) is 18.0 Å². The lowest BCUT2D eigenvalue weighted by Crippen LogP contribution is -2.32. The van der Waals surface area contributed by atoms with E-state index in [2.05, 4.69) is 24.9 Å². The second-order valence-electron chi connectivity index (χ2n) is 6.97. The number of aromatic nitrogens is 2. The quantitative estimate of drug-likeness (QED) is 0.776. The van der Waals surface area contributed by atoms with Crippen LogP contribution in [0.4, 0.5) is 19.1 Å². The summed E-state index contributed by atoms with van der Waals surface area (Å²) in [5, 5.41) is 3.45. The van der Waals surface area contributed by atoms with Gasteiger partial charge in [0.2, 0.25) is 5.95 Å². The van der Waals surface area contributed by atoms with Crippen molar-refractivity contribution in [3.63, 3.8) is 0 Å². The van der Waals surface area contributed by atoms with E-state index in [0.717, 1.165) is 18.7 Å². The van der Waals surface area contributed by atoms with Crippen LogP contribution in [0.2, 0.25) is 0 Å². The highest BCUT2D eigenvalue weighted by molar-refractivity contribution is 5.92. The van der Waals surface area contributed by atoms with Crippen LogP contribution in [0, 0.1) is 11.8 Å². The summed E-state index contributed by atoms with van der Waals surface area (Å²) in [6.07, 6.45) is -1.83. The summed E-state index contributed by atoms with van der Waals surface area (Å²) in [6, 6.07) is 6.23. The number of hydrogen-bond donors (Lipinski definition) is 2. The molecule has 1 saturated heterocycles. The number of rotatable bonds is 6. The summed E-state index contributed by atoms with van der Waals surface area (Å²) in [4.78, 5) is 21.5. The average molecular weight is 393 g/mol. The Kier molecular flexibility index (Phi) is 4.58. The third kappa shape index (κ3) is 4.01. The normalized spacial score (nSPS) is 23.4. The van der Waals surface area contributed by atoms with Crippen LogP contribution in [0.3, 0.4) is 0 Å². The van der Waals surface area contributed by atoms with Crippen molar-refractivity contribution in [3.05, 3.63) is 47.8 Å². The number of nitrogens with one attached hydrogen (secondary N) is 1. The van der Waals surface area contributed by atoms with E-state index >= 15 is 0 Å². The molecule has 28 heavy (non-hydrogen) atoms. The van der Waals surface area contributed by atoms with Crippen molar-refractivity contribution in [1.29, 1.82) is 0 Å². The Hall–Kier alpha value is -2.88. The van der Waals surface area contributed by atoms with E-state index < -0.39 is 12.3 Å². The number of anilines is 1. The smallest absolute Gasteiger partial charge is 0.406 e. The molecule has 148 valence electrons. The predicted molar refractivity (Wildman–Crippen MR) is 93.5 cm³/mol. The van der Waals surface area contributed by atoms with Gasteiger partial charge in [-0.1, -0.05) is 12.1 Å². The largest absolute Gasteiger partial charge is 0.573 e. The molecule has 1 aromatic carbocycles. The SMILES string of the molecule is NC(=O)c1cnc(N2CC3C(C2)C3NCc2ccc(OC(F)(F)F)cc2)nc1. The number of nitrogens with zero attached hydrogens (tertiary/aromatic N) is 3. The monoisotopic (exact) mass is 393 g/mol. The van der Waals surface area contributed by atoms with Crippen LogP contribution in [0.1, 0.15) is 15.9 Å². The first-order chi connectivity index (χ1) is 13.3. The minimum absolute atomic E-state index is 0.225. The molecule has 1 aromatic heterocycles. The second kappa shape index (κ2) is 6.93. The maximum absolute atomic E-state index is 12.2. The Morgan fingerprint density at radius 1 is 1.18 bits per heavy atom. The molecule has 10 heteroatoms. The van der Waals surface area contributed by atoms with E-state index in [4.69, 9.17) is 5.73 Å². The van der Waals surface area contributed by atoms with Gasteiger partial charge in [-0.2, -0.15) is 0 Å². The number of hydrogen-bond acceptors (Lipinski definition) is 6. The van der Waals surface area contributed by atoms with E-state index in [1.807, 2.05) is 0 Å². The van der Waals surface area contributed by atoms with Crippen molar-refractivity contribution in [2.45, 2.75) is 18.9 Å². The summed E-state index contributed by atoms with van der Waals surface area (Å²) in [5.41, 5.74) is 6.35. The number of amides is 1. The molecule has 0 spiro atoms. The molecule has 4 rings (SSSR count). The van der Waals surface area contributed by atoms with Crippen molar-refractivity contribution < 1.29 is 22.7 Å². The molecule has 2 fully saturated rings. The third-order valence-electron chi connectivity index (χ3n) is 5.10. The highest BCUT2D eigenvalue weighted by atomic mass is 19.4. The molecule has 1 aliphatic heterocycles. The molecule has 2 aliphatic rings. The van der Waals surface area contributed by atoms with Gasteiger partial charge in [0.05, 0.1) is 5.56 Å². The maximum Gasteiger partial charge on any atom is 0.573 e. The molecule has 2 atom stereocenters. The number of halogens is 3. The molecule has 0 bridgehead atoms. The van der Waals surface area contributed by atoms with Gasteiger partial charge < -0.3 is 20.7 Å². The van der Waals surface area contributed by atoms with Crippen LogP contribution >= 0.6 is 0 Å². The van der Waals surface area contributed by atoms with E-state index in [-0.39, 0.29) is 11.3 Å². The molecule has 2 aromatic rings. The molecule has 2 heterocycles. The number of carbonyl (C=O) groups is 1. The fraction of sp³-hybridized carbons (Fsp3) is 0.389. The molecule has 7 nitrogen and oxygen atoms in total. The molecule has 1 aliphatic carbocycles. The molecule has 0 radical (unpaired) electrons. The minimum atomic E-state index is -4.68. The van der Waals surface area contributed by atoms with Crippen LogP contribution in [-0.2, 0) is 6.54 Å². The molecule has 1 saturated carbocycles. The third-order valence-corrected chi connectivity index (χ3v) is 5.10. The van der Waals surface area contributed by atoms with Gasteiger partial charge in [-0.3, -0.25) is 4.79 Å². The van der Waals surface area contributed by atoms with Crippen molar-refractivity contribution in [3.8, 4) is 5.75 Å². The standard InChI is InChI=1S/C18H18F3N5O2/c19-18(20,21)28-12-3-1-10(2-4-12)5-23-15-13-8-26(9-14(13)15)17-24-6-11(7-25-17)16(22)27/h1-4,6-7,13-15,23H,5,8-9H2,(H2,22,27). The number of carbonyl (C=O) groups excluding carboxylic acids is 1. The number of alkyl halides is 3. The van der Waals surface area contributed by atoms with E-state index in [1.165, 1.54) is 24.5 Å². The van der Waals surface area contributed by atoms with E-state index in [0.29, 0.717) is 30.4 Å².